The molecule has 5 heterocycles. The van der Waals surface area contributed by atoms with E-state index in [0.717, 1.165) is 5.69 Å². The number of aromatic nitrogens is 1. The third-order valence-corrected chi connectivity index (χ3v) is 13.1. The van der Waals surface area contributed by atoms with Gasteiger partial charge in [0.1, 0.15) is 0 Å². The van der Waals surface area contributed by atoms with Gasteiger partial charge in [0.2, 0.25) is 0 Å². The number of hydrogen-bond donors (Lipinski definition) is 0. The Hall–Kier alpha value is -6.56. The molecule has 2 aliphatic heterocycles. The number of rotatable bonds is 2. The molecule has 0 saturated heterocycles. The van der Waals surface area contributed by atoms with Gasteiger partial charge in [-0.1, -0.05) is 115 Å². The summed E-state index contributed by atoms with van der Waals surface area (Å²) in [6, 6.07) is 63.1. The lowest BCUT2D eigenvalue weighted by molar-refractivity contribution is 1.25. The van der Waals surface area contributed by atoms with Crippen LogP contribution in [0.25, 0.3) is 58.3 Å². The summed E-state index contributed by atoms with van der Waals surface area (Å²) in [5, 5.41) is 7.85. The smallest absolute Gasteiger partial charge is 0.254 e. The van der Waals surface area contributed by atoms with Crippen molar-refractivity contribution < 1.29 is 0 Å². The zero-order chi connectivity index (χ0) is 34.4. The van der Waals surface area contributed by atoms with Crippen LogP contribution in [0.4, 0.5) is 34.1 Å². The first-order chi connectivity index (χ1) is 26.3. The van der Waals surface area contributed by atoms with E-state index in [-0.39, 0.29) is 6.71 Å². The molecule has 0 bridgehead atoms. The zero-order valence-electron chi connectivity index (χ0n) is 28.5. The van der Waals surface area contributed by atoms with Gasteiger partial charge in [-0.3, -0.25) is 0 Å². The maximum Gasteiger partial charge on any atom is 0.254 e. The summed E-state index contributed by atoms with van der Waals surface area (Å²) in [5.41, 5.74) is 15.2. The largest absolute Gasteiger partial charge is 0.311 e. The SMILES string of the molecule is c1ccc(N2c3cccc4c3B(c3ccc5c6cccc7c8ccccc8n(c5c3N4c3ccccc3)c76)c3c2ccc2c3sc3ccccc32)cc1. The maximum atomic E-state index is 2.57. The summed E-state index contributed by atoms with van der Waals surface area (Å²) < 4.78 is 5.26. The van der Waals surface area contributed by atoms with E-state index in [1.165, 1.54) is 103 Å². The van der Waals surface area contributed by atoms with Gasteiger partial charge in [-0.15, -0.1) is 11.3 Å². The minimum atomic E-state index is 0.0224. The second-order valence-electron chi connectivity index (χ2n) is 14.4. The van der Waals surface area contributed by atoms with Gasteiger partial charge in [-0.2, -0.15) is 0 Å². The highest BCUT2D eigenvalue weighted by Crippen LogP contribution is 2.50. The summed E-state index contributed by atoms with van der Waals surface area (Å²) in [6.45, 7) is 0.0224. The van der Waals surface area contributed by atoms with Crippen LogP contribution in [-0.4, -0.2) is 11.1 Å². The van der Waals surface area contributed by atoms with E-state index >= 15 is 0 Å². The monoisotopic (exact) mass is 689 g/mol. The maximum absolute atomic E-state index is 2.57. The fourth-order valence-electron chi connectivity index (χ4n) is 9.88. The Morgan fingerprint density at radius 3 is 1.79 bits per heavy atom. The topological polar surface area (TPSA) is 10.9 Å². The van der Waals surface area contributed by atoms with E-state index in [2.05, 4.69) is 184 Å². The number of para-hydroxylation sites is 4. The quantitative estimate of drug-likeness (QED) is 0.167. The van der Waals surface area contributed by atoms with Gasteiger partial charge in [0.05, 0.1) is 22.2 Å². The highest BCUT2D eigenvalue weighted by molar-refractivity contribution is 7.28. The average Bonchev–Trinajstić information content (AvgIpc) is 3.89. The molecule has 0 N–H and O–H groups in total. The number of anilines is 6. The number of hydrogen-bond acceptors (Lipinski definition) is 3. The molecule has 0 unspecified atom stereocenters. The summed E-state index contributed by atoms with van der Waals surface area (Å²) >= 11 is 1.94. The van der Waals surface area contributed by atoms with Gasteiger partial charge in [0.15, 0.2) is 0 Å². The van der Waals surface area contributed by atoms with Crippen molar-refractivity contribution in [3.63, 3.8) is 0 Å². The van der Waals surface area contributed by atoms with Crippen molar-refractivity contribution in [1.82, 2.24) is 4.40 Å². The Morgan fingerprint density at radius 1 is 0.396 bits per heavy atom. The minimum Gasteiger partial charge on any atom is -0.311 e. The highest BCUT2D eigenvalue weighted by Gasteiger charge is 2.45. The third kappa shape index (κ3) is 3.46. The second-order valence-corrected chi connectivity index (χ2v) is 15.5. The molecule has 11 aromatic rings. The molecule has 0 aliphatic carbocycles. The molecule has 13 rings (SSSR count). The normalized spacial score (nSPS) is 13.5. The van der Waals surface area contributed by atoms with Crippen LogP contribution in [0.5, 0.6) is 0 Å². The van der Waals surface area contributed by atoms with Gasteiger partial charge in [0.25, 0.3) is 6.71 Å². The number of thiophene rings is 1. The van der Waals surface area contributed by atoms with Crippen molar-refractivity contribution in [1.29, 1.82) is 0 Å². The van der Waals surface area contributed by atoms with Gasteiger partial charge < -0.3 is 14.2 Å². The zero-order valence-corrected chi connectivity index (χ0v) is 29.3. The van der Waals surface area contributed by atoms with E-state index in [1.807, 2.05) is 11.3 Å². The van der Waals surface area contributed by atoms with Crippen molar-refractivity contribution in [2.75, 3.05) is 9.80 Å². The number of benzene rings is 8. The molecule has 0 fully saturated rings. The van der Waals surface area contributed by atoms with Crippen molar-refractivity contribution in [2.45, 2.75) is 0 Å². The Labute approximate surface area is 309 Å². The molecule has 5 heteroatoms. The standard InChI is InChI=1S/C48H28BN3S/c1-3-13-29(14-4-1)50-39-22-12-23-40-43(39)49(44-41(50)28-26-36-32-18-8-10-24-42(32)53-48(36)44)37-27-25-35-34-20-11-19-33-31-17-7-9-21-38(31)52(45(33)34)46(35)47(37)51(40)30-15-5-2-6-16-30/h1-28H. The lowest BCUT2D eigenvalue weighted by Gasteiger charge is -2.44. The first-order valence-electron chi connectivity index (χ1n) is 18.3. The molecule has 0 atom stereocenters. The van der Waals surface area contributed by atoms with Crippen molar-refractivity contribution in [3.05, 3.63) is 170 Å². The Bertz CT molecular complexity index is 3310. The van der Waals surface area contributed by atoms with Crippen molar-refractivity contribution in [2.24, 2.45) is 0 Å². The first-order valence-corrected chi connectivity index (χ1v) is 19.1. The highest BCUT2D eigenvalue weighted by atomic mass is 32.1. The molecule has 3 nitrogen and oxygen atoms in total. The summed E-state index contributed by atoms with van der Waals surface area (Å²) in [4.78, 5) is 5.07. The minimum absolute atomic E-state index is 0.0224. The molecule has 0 spiro atoms. The molecule has 244 valence electrons. The number of nitrogens with zero attached hydrogens (tertiary/aromatic N) is 3. The molecule has 53 heavy (non-hydrogen) atoms. The van der Waals surface area contributed by atoms with Crippen LogP contribution in [0.3, 0.4) is 0 Å². The van der Waals surface area contributed by atoms with E-state index < -0.39 is 0 Å². The van der Waals surface area contributed by atoms with Crippen molar-refractivity contribution in [3.8, 4) is 0 Å². The second kappa shape index (κ2) is 10.1. The molecule has 3 aromatic heterocycles. The number of fused-ring (bicyclic) bond motifs is 15. The van der Waals surface area contributed by atoms with E-state index in [1.54, 1.807) is 0 Å². The molecular formula is C48H28BN3S. The van der Waals surface area contributed by atoms with Crippen LogP contribution in [0, 0.1) is 0 Å². The Morgan fingerprint density at radius 2 is 0.981 bits per heavy atom. The van der Waals surface area contributed by atoms with Crippen LogP contribution in [-0.2, 0) is 0 Å². The summed E-state index contributed by atoms with van der Waals surface area (Å²) in [5.74, 6) is 0. The summed E-state index contributed by atoms with van der Waals surface area (Å²) in [7, 11) is 0. The van der Waals surface area contributed by atoms with Crippen LogP contribution in [0.15, 0.2) is 170 Å². The van der Waals surface area contributed by atoms with Crippen LogP contribution < -0.4 is 26.2 Å². The fraction of sp³-hybridized carbons (Fsp3) is 0. The van der Waals surface area contributed by atoms with Gasteiger partial charge in [-0.05, 0) is 76.4 Å². The van der Waals surface area contributed by atoms with Gasteiger partial charge in [-0.25, -0.2) is 0 Å². The predicted octanol–water partition coefficient (Wildman–Crippen LogP) is 11.3. The molecule has 0 saturated carbocycles. The Kier molecular flexibility index (Phi) is 5.33. The van der Waals surface area contributed by atoms with Gasteiger partial charge >= 0.3 is 0 Å². The first kappa shape index (κ1) is 28.1. The van der Waals surface area contributed by atoms with E-state index in [4.69, 9.17) is 0 Å². The molecule has 0 radical (unpaired) electrons. The molecule has 0 amide bonds. The molecular weight excluding hydrogens is 661 g/mol. The predicted molar refractivity (Wildman–Crippen MR) is 228 cm³/mol. The van der Waals surface area contributed by atoms with Crippen LogP contribution in [0.2, 0.25) is 0 Å². The fourth-order valence-corrected chi connectivity index (χ4v) is 11.2. The Balaban J connectivity index is 1.25. The van der Waals surface area contributed by atoms with E-state index in [0.29, 0.717) is 0 Å². The van der Waals surface area contributed by atoms with E-state index in [9.17, 15) is 0 Å². The van der Waals surface area contributed by atoms with Crippen LogP contribution >= 0.6 is 11.3 Å². The lowest BCUT2D eigenvalue weighted by Crippen LogP contribution is -2.61. The summed E-state index contributed by atoms with van der Waals surface area (Å²) in [6.07, 6.45) is 0. The molecule has 8 aromatic carbocycles. The van der Waals surface area contributed by atoms with Crippen LogP contribution in [0.1, 0.15) is 0 Å². The van der Waals surface area contributed by atoms with Gasteiger partial charge in [0, 0.05) is 64.8 Å². The third-order valence-electron chi connectivity index (χ3n) is 11.9. The van der Waals surface area contributed by atoms with Crippen molar-refractivity contribution >= 4 is 127 Å². The molecule has 2 aliphatic rings. The average molecular weight is 690 g/mol. The lowest BCUT2D eigenvalue weighted by atomic mass is 9.33.